The lowest BCUT2D eigenvalue weighted by atomic mass is 9.97. The number of nitrogens with one attached hydrogen (secondary N) is 1. The van der Waals surface area contributed by atoms with Crippen LogP contribution >= 0.6 is 11.3 Å². The lowest BCUT2D eigenvalue weighted by Gasteiger charge is -2.14. The minimum absolute atomic E-state index is 0.148. The zero-order chi connectivity index (χ0) is 20.2. The van der Waals surface area contributed by atoms with Crippen LogP contribution in [0.4, 0.5) is 0 Å². The molecule has 0 fully saturated rings. The number of rotatable bonds is 5. The van der Waals surface area contributed by atoms with Crippen LogP contribution in [-0.2, 0) is 17.6 Å². The van der Waals surface area contributed by atoms with Gasteiger partial charge in [0, 0.05) is 11.1 Å². The molecule has 0 saturated carbocycles. The summed E-state index contributed by atoms with van der Waals surface area (Å²) in [5.41, 5.74) is 4.51. The van der Waals surface area contributed by atoms with E-state index in [1.165, 1.54) is 22.0 Å². The molecule has 6 nitrogen and oxygen atoms in total. The summed E-state index contributed by atoms with van der Waals surface area (Å²) in [5, 5.41) is 4.62. The number of hydrazone groups is 1. The smallest absolute Gasteiger partial charge is 0.263 e. The van der Waals surface area contributed by atoms with Crippen molar-refractivity contribution in [1.82, 2.24) is 15.0 Å². The maximum atomic E-state index is 13.0. The second-order valence-corrected chi connectivity index (χ2v) is 8.13. The molecule has 1 aliphatic rings. The van der Waals surface area contributed by atoms with Crippen molar-refractivity contribution in [3.63, 3.8) is 0 Å². The van der Waals surface area contributed by atoms with Crippen molar-refractivity contribution in [3.8, 4) is 0 Å². The van der Waals surface area contributed by atoms with Crippen LogP contribution in [0.15, 0.2) is 52.6 Å². The first kappa shape index (κ1) is 19.3. The zero-order valence-corrected chi connectivity index (χ0v) is 17.0. The number of hydrogen-bond donors (Lipinski definition) is 1. The first-order valence-electron chi connectivity index (χ1n) is 9.71. The Morgan fingerprint density at radius 3 is 2.90 bits per heavy atom. The average Bonchev–Trinajstić information content (AvgIpc) is 3.13. The third-order valence-corrected chi connectivity index (χ3v) is 6.32. The first-order valence-corrected chi connectivity index (χ1v) is 10.5. The van der Waals surface area contributed by atoms with E-state index in [0.717, 1.165) is 41.6 Å². The highest BCUT2D eigenvalue weighted by atomic mass is 32.1. The van der Waals surface area contributed by atoms with E-state index in [2.05, 4.69) is 15.5 Å². The molecule has 1 atom stereocenters. The number of thiophene rings is 1. The van der Waals surface area contributed by atoms with Gasteiger partial charge in [-0.2, -0.15) is 5.10 Å². The van der Waals surface area contributed by atoms with Crippen molar-refractivity contribution < 1.29 is 4.79 Å². The summed E-state index contributed by atoms with van der Waals surface area (Å²) in [7, 11) is 0. The Hall–Kier alpha value is -3.06. The monoisotopic (exact) mass is 406 g/mol. The van der Waals surface area contributed by atoms with E-state index in [0.29, 0.717) is 5.39 Å². The molecular formula is C22H22N4O2S. The predicted molar refractivity (Wildman–Crippen MR) is 117 cm³/mol. The largest absolute Gasteiger partial charge is 0.286 e. The van der Waals surface area contributed by atoms with Gasteiger partial charge in [-0.05, 0) is 49.8 Å². The number of carbonyl (C=O) groups excluding carboxylic acids is 1. The molecular weight excluding hydrogens is 384 g/mol. The van der Waals surface area contributed by atoms with Gasteiger partial charge in [0.2, 0.25) is 0 Å². The maximum absolute atomic E-state index is 13.0. The molecule has 3 aromatic rings. The van der Waals surface area contributed by atoms with Crippen LogP contribution < -0.4 is 11.0 Å². The molecule has 1 amide bonds. The summed E-state index contributed by atoms with van der Waals surface area (Å²) >= 11 is 1.60. The number of aromatic nitrogens is 2. The van der Waals surface area contributed by atoms with Gasteiger partial charge in [-0.1, -0.05) is 36.4 Å². The minimum Gasteiger partial charge on any atom is -0.286 e. The van der Waals surface area contributed by atoms with Crippen LogP contribution in [0.25, 0.3) is 16.3 Å². The molecule has 2 aromatic heterocycles. The Bertz CT molecular complexity index is 1140. The Balaban J connectivity index is 1.48. The molecule has 0 saturated heterocycles. The fourth-order valence-electron chi connectivity index (χ4n) is 3.52. The average molecular weight is 407 g/mol. The van der Waals surface area contributed by atoms with Gasteiger partial charge in [0.15, 0.2) is 0 Å². The Morgan fingerprint density at radius 1 is 1.28 bits per heavy atom. The molecule has 4 rings (SSSR count). The second kappa shape index (κ2) is 8.53. The van der Waals surface area contributed by atoms with Crippen LogP contribution in [-0.4, -0.2) is 21.7 Å². The molecule has 1 aromatic carbocycles. The van der Waals surface area contributed by atoms with Gasteiger partial charge in [0.25, 0.3) is 11.5 Å². The molecule has 1 N–H and O–H groups in total. The summed E-state index contributed by atoms with van der Waals surface area (Å²) in [4.78, 5) is 32.0. The molecule has 1 aliphatic carbocycles. The van der Waals surface area contributed by atoms with E-state index in [-0.39, 0.29) is 11.5 Å². The summed E-state index contributed by atoms with van der Waals surface area (Å²) in [5.74, 6) is -0.360. The molecule has 0 spiro atoms. The lowest BCUT2D eigenvalue weighted by molar-refractivity contribution is -0.123. The molecule has 0 unspecified atom stereocenters. The van der Waals surface area contributed by atoms with Gasteiger partial charge in [0.05, 0.1) is 11.7 Å². The number of allylic oxidation sites excluding steroid dienone is 1. The van der Waals surface area contributed by atoms with Crippen molar-refractivity contribution >= 4 is 39.8 Å². The fraction of sp³-hybridized carbons (Fsp3) is 0.273. The maximum Gasteiger partial charge on any atom is 0.263 e. The third kappa shape index (κ3) is 4.05. The number of nitrogens with zero attached hydrogens (tertiary/aromatic N) is 3. The predicted octanol–water partition coefficient (Wildman–Crippen LogP) is 3.71. The van der Waals surface area contributed by atoms with Crippen LogP contribution in [0.1, 0.15) is 41.8 Å². The van der Waals surface area contributed by atoms with Crippen molar-refractivity contribution in [1.29, 1.82) is 0 Å². The third-order valence-electron chi connectivity index (χ3n) is 5.12. The van der Waals surface area contributed by atoms with Gasteiger partial charge in [-0.3, -0.25) is 14.2 Å². The number of aryl methyl sites for hydroxylation is 2. The van der Waals surface area contributed by atoms with Crippen LogP contribution in [0.5, 0.6) is 0 Å². The van der Waals surface area contributed by atoms with Gasteiger partial charge >= 0.3 is 0 Å². The molecule has 0 radical (unpaired) electrons. The summed E-state index contributed by atoms with van der Waals surface area (Å²) in [6, 6.07) is 9.11. The summed E-state index contributed by atoms with van der Waals surface area (Å²) in [6.07, 6.45) is 10.8. The lowest BCUT2D eigenvalue weighted by Crippen LogP contribution is -2.34. The number of amides is 1. The number of hydrogen-bond acceptors (Lipinski definition) is 5. The summed E-state index contributed by atoms with van der Waals surface area (Å²) < 4.78 is 1.40. The second-order valence-electron chi connectivity index (χ2n) is 7.05. The van der Waals surface area contributed by atoms with Crippen molar-refractivity contribution in [3.05, 3.63) is 69.1 Å². The van der Waals surface area contributed by atoms with Gasteiger partial charge < -0.3 is 0 Å². The van der Waals surface area contributed by atoms with Crippen molar-refractivity contribution in [2.75, 3.05) is 0 Å². The van der Waals surface area contributed by atoms with E-state index < -0.39 is 6.04 Å². The molecule has 7 heteroatoms. The molecule has 2 heterocycles. The van der Waals surface area contributed by atoms with E-state index >= 15 is 0 Å². The number of fused-ring (bicyclic) bond motifs is 3. The zero-order valence-electron chi connectivity index (χ0n) is 16.2. The normalized spacial score (nSPS) is 15.1. The van der Waals surface area contributed by atoms with Crippen molar-refractivity contribution in [2.45, 2.75) is 38.6 Å². The van der Waals surface area contributed by atoms with Gasteiger partial charge in [-0.25, -0.2) is 10.4 Å². The Morgan fingerprint density at radius 2 is 2.07 bits per heavy atom. The van der Waals surface area contributed by atoms with E-state index in [4.69, 9.17) is 0 Å². The van der Waals surface area contributed by atoms with E-state index in [9.17, 15) is 9.59 Å². The molecule has 0 aliphatic heterocycles. The van der Waals surface area contributed by atoms with E-state index in [1.54, 1.807) is 24.3 Å². The minimum atomic E-state index is -0.700. The quantitative estimate of drug-likeness (QED) is 0.518. The van der Waals surface area contributed by atoms with Crippen LogP contribution in [0.2, 0.25) is 0 Å². The van der Waals surface area contributed by atoms with Gasteiger partial charge in [-0.15, -0.1) is 11.3 Å². The Kier molecular flexibility index (Phi) is 5.67. The fourth-order valence-corrected chi connectivity index (χ4v) is 4.74. The molecule has 0 bridgehead atoms. The van der Waals surface area contributed by atoms with Crippen molar-refractivity contribution in [2.24, 2.45) is 5.10 Å². The highest BCUT2D eigenvalue weighted by Crippen LogP contribution is 2.33. The summed E-state index contributed by atoms with van der Waals surface area (Å²) in [6.45, 7) is 1.68. The highest BCUT2D eigenvalue weighted by molar-refractivity contribution is 7.18. The molecule has 29 heavy (non-hydrogen) atoms. The molecule has 148 valence electrons. The topological polar surface area (TPSA) is 76.3 Å². The number of benzene rings is 1. The van der Waals surface area contributed by atoms with E-state index in [1.807, 2.05) is 36.4 Å². The van der Waals surface area contributed by atoms with Crippen LogP contribution in [0, 0.1) is 0 Å². The Labute approximate surface area is 172 Å². The van der Waals surface area contributed by atoms with Crippen LogP contribution in [0.3, 0.4) is 0 Å². The van der Waals surface area contributed by atoms with Gasteiger partial charge in [0.1, 0.15) is 10.9 Å². The first-order chi connectivity index (χ1) is 14.1. The highest BCUT2D eigenvalue weighted by Gasteiger charge is 2.23. The number of carbonyl (C=O) groups is 1. The standard InChI is InChI=1S/C22H22N4O2S/c1-15(20(27)25-24-13-7-10-16-8-3-2-4-9-16)26-14-23-21-19(22(26)28)17-11-5-6-12-18(17)29-21/h2-4,7-10,13-15H,5-6,11-12H2,1H3,(H,25,27)/b10-7+,24-13+/t15-/m0/s1. The SMILES string of the molecule is C[C@@H](C(=O)N/N=C/C=C/c1ccccc1)n1cnc2sc3c(c2c1=O)CCCC3.